The second kappa shape index (κ2) is 49.3. The Labute approximate surface area is 443 Å². The van der Waals surface area contributed by atoms with E-state index in [9.17, 15) is 34.5 Å². The topological polar surface area (TPSA) is 175 Å². The molecule has 12 heteroatoms. The highest BCUT2D eigenvalue weighted by atomic mass is 16.7. The second-order valence-corrected chi connectivity index (χ2v) is 19.9. The van der Waals surface area contributed by atoms with E-state index in [1.165, 1.54) is 103 Å². The first-order valence-electron chi connectivity index (χ1n) is 29.3. The van der Waals surface area contributed by atoms with E-state index >= 15 is 0 Å². The molecule has 1 heterocycles. The van der Waals surface area contributed by atoms with Gasteiger partial charge >= 0.3 is 23.9 Å². The summed E-state index contributed by atoms with van der Waals surface area (Å²) in [4.78, 5) is 51.0. The van der Waals surface area contributed by atoms with Crippen molar-refractivity contribution in [2.45, 2.75) is 289 Å². The average molecular weight is 1030 g/mol. The Morgan fingerprint density at radius 1 is 0.466 bits per heavy atom. The number of aliphatic carboxylic acids is 1. The van der Waals surface area contributed by atoms with Gasteiger partial charge in [-0.25, -0.2) is 4.79 Å². The van der Waals surface area contributed by atoms with Gasteiger partial charge < -0.3 is 39.0 Å². The number of allylic oxidation sites excluding steroid dienone is 10. The van der Waals surface area contributed by atoms with Crippen LogP contribution < -0.4 is 0 Å². The van der Waals surface area contributed by atoms with Crippen molar-refractivity contribution in [3.8, 4) is 0 Å². The van der Waals surface area contributed by atoms with E-state index in [2.05, 4.69) is 69.4 Å². The van der Waals surface area contributed by atoms with Crippen LogP contribution in [0.2, 0.25) is 0 Å². The molecule has 0 spiro atoms. The summed E-state index contributed by atoms with van der Waals surface area (Å²) in [6.45, 7) is 5.81. The summed E-state index contributed by atoms with van der Waals surface area (Å²) in [7, 11) is 0. The molecule has 3 N–H and O–H groups in total. The fraction of sp³-hybridized carbons (Fsp3) is 0.770. The van der Waals surface area contributed by atoms with Crippen LogP contribution in [0.3, 0.4) is 0 Å². The minimum absolute atomic E-state index is 0.0407. The quantitative estimate of drug-likeness (QED) is 0.0228. The summed E-state index contributed by atoms with van der Waals surface area (Å²) in [5.74, 6) is -3.23. The number of carbonyl (C=O) groups is 4. The first-order chi connectivity index (χ1) is 35.6. The lowest BCUT2D eigenvalue weighted by Gasteiger charge is -2.40. The molecule has 1 aliphatic heterocycles. The van der Waals surface area contributed by atoms with Gasteiger partial charge in [0.15, 0.2) is 24.6 Å². The molecule has 0 radical (unpaired) electrons. The third kappa shape index (κ3) is 39.5. The van der Waals surface area contributed by atoms with Crippen LogP contribution in [-0.2, 0) is 42.9 Å². The minimum atomic E-state index is -1.91. The van der Waals surface area contributed by atoms with Crippen molar-refractivity contribution in [3.63, 3.8) is 0 Å². The van der Waals surface area contributed by atoms with E-state index in [0.717, 1.165) is 83.5 Å². The van der Waals surface area contributed by atoms with Crippen molar-refractivity contribution in [1.29, 1.82) is 0 Å². The normalized spacial score (nSPS) is 18.7. The number of hydrogen-bond acceptors (Lipinski definition) is 11. The summed E-state index contributed by atoms with van der Waals surface area (Å²) < 4.78 is 28.3. The zero-order valence-corrected chi connectivity index (χ0v) is 46.1. The molecule has 0 saturated carbocycles. The van der Waals surface area contributed by atoms with Gasteiger partial charge in [-0.15, -0.1) is 0 Å². The van der Waals surface area contributed by atoms with Crippen LogP contribution in [0.15, 0.2) is 60.8 Å². The highest BCUT2D eigenvalue weighted by Crippen LogP contribution is 2.26. The fourth-order valence-corrected chi connectivity index (χ4v) is 8.61. The molecule has 73 heavy (non-hydrogen) atoms. The molecular formula is C61H104O12. The predicted octanol–water partition coefficient (Wildman–Crippen LogP) is 14.8. The van der Waals surface area contributed by atoms with E-state index in [1.807, 2.05) is 12.2 Å². The summed E-state index contributed by atoms with van der Waals surface area (Å²) in [5.41, 5.74) is 0. The molecule has 0 aromatic carbocycles. The van der Waals surface area contributed by atoms with Crippen LogP contribution in [0.1, 0.15) is 252 Å². The number of aliphatic hydroxyl groups excluding tert-OH is 2. The van der Waals surface area contributed by atoms with Crippen LogP contribution in [0.25, 0.3) is 0 Å². The van der Waals surface area contributed by atoms with E-state index in [0.29, 0.717) is 25.7 Å². The average Bonchev–Trinajstić information content (AvgIpc) is 3.37. The van der Waals surface area contributed by atoms with Crippen molar-refractivity contribution in [2.24, 2.45) is 0 Å². The van der Waals surface area contributed by atoms with Crippen LogP contribution in [-0.4, -0.2) is 89.2 Å². The number of aliphatic hydroxyl groups is 2. The number of rotatable bonds is 49. The number of carboxylic acid groups (broad SMARTS) is 1. The maximum absolute atomic E-state index is 13.1. The van der Waals surface area contributed by atoms with E-state index in [4.69, 9.17) is 23.7 Å². The summed E-state index contributed by atoms with van der Waals surface area (Å²) in [6.07, 6.45) is 47.8. The Hall–Kier alpha value is -3.58. The molecule has 0 aromatic rings. The van der Waals surface area contributed by atoms with Gasteiger partial charge in [-0.3, -0.25) is 14.4 Å². The van der Waals surface area contributed by atoms with E-state index < -0.39 is 67.3 Å². The van der Waals surface area contributed by atoms with Crippen molar-refractivity contribution in [1.82, 2.24) is 0 Å². The molecule has 1 fully saturated rings. The third-order valence-corrected chi connectivity index (χ3v) is 13.1. The lowest BCUT2D eigenvalue weighted by Crippen LogP contribution is -2.61. The molecule has 12 nitrogen and oxygen atoms in total. The zero-order valence-electron chi connectivity index (χ0n) is 46.1. The number of ether oxygens (including phenoxy) is 5. The highest BCUT2D eigenvalue weighted by molar-refractivity contribution is 5.74. The monoisotopic (exact) mass is 1030 g/mol. The first kappa shape index (κ1) is 67.4. The molecule has 6 atom stereocenters. The van der Waals surface area contributed by atoms with Gasteiger partial charge in [0.05, 0.1) is 6.61 Å². The van der Waals surface area contributed by atoms with Crippen molar-refractivity contribution >= 4 is 23.9 Å². The van der Waals surface area contributed by atoms with Gasteiger partial charge in [0.25, 0.3) is 0 Å². The van der Waals surface area contributed by atoms with Crippen molar-refractivity contribution < 1.29 is 58.2 Å². The summed E-state index contributed by atoms with van der Waals surface area (Å²) in [5, 5.41) is 31.4. The van der Waals surface area contributed by atoms with Crippen molar-refractivity contribution in [2.75, 3.05) is 13.2 Å². The fourth-order valence-electron chi connectivity index (χ4n) is 8.61. The second-order valence-electron chi connectivity index (χ2n) is 19.9. The smallest absolute Gasteiger partial charge is 0.335 e. The summed E-state index contributed by atoms with van der Waals surface area (Å²) >= 11 is 0. The molecule has 0 aromatic heterocycles. The molecule has 0 bridgehead atoms. The third-order valence-electron chi connectivity index (χ3n) is 13.1. The maximum atomic E-state index is 13.1. The van der Waals surface area contributed by atoms with Crippen LogP contribution in [0, 0.1) is 0 Å². The Morgan fingerprint density at radius 2 is 0.890 bits per heavy atom. The highest BCUT2D eigenvalue weighted by Gasteiger charge is 2.50. The van der Waals surface area contributed by atoms with Crippen LogP contribution in [0.4, 0.5) is 0 Å². The van der Waals surface area contributed by atoms with Gasteiger partial charge in [-0.05, 0) is 70.6 Å². The van der Waals surface area contributed by atoms with Gasteiger partial charge in [0.2, 0.25) is 0 Å². The number of unbranched alkanes of at least 4 members (excludes halogenated alkanes) is 25. The summed E-state index contributed by atoms with van der Waals surface area (Å²) in [6, 6.07) is 0. The Bertz CT molecular complexity index is 1500. The standard InChI is InChI=1S/C61H104O12/c1-4-7-10-13-16-19-22-25-27-30-32-35-38-41-44-47-53(62)69-50-52(71-54(63)48-45-42-39-36-33-29-24-21-18-15-12-9-6-3)51-70-61-59(57(66)56(65)58(73-61)60(67)68)72-55(64)49-46-43-40-37-34-31-28-26-23-20-17-14-11-8-5-2/h9,12,18,21,25,27,29,33,39,42,52,56-59,61,65-66H,4-8,10-11,13-17,19-20,22-24,26,28,30-32,34-38,40-41,43-51H2,1-3H3,(H,67,68)/b12-9-,21-18-,27-25-,33-29-,42-39-. The molecule has 0 aliphatic carbocycles. The number of carboxylic acids is 1. The van der Waals surface area contributed by atoms with Gasteiger partial charge in [0.1, 0.15) is 18.8 Å². The van der Waals surface area contributed by atoms with Crippen LogP contribution in [0.5, 0.6) is 0 Å². The Balaban J connectivity index is 2.73. The molecule has 1 aliphatic rings. The van der Waals surface area contributed by atoms with Crippen molar-refractivity contribution in [3.05, 3.63) is 60.8 Å². The Kier molecular flexibility index (Phi) is 45.5. The lowest BCUT2D eigenvalue weighted by atomic mass is 9.98. The number of hydrogen-bond donors (Lipinski definition) is 3. The van der Waals surface area contributed by atoms with E-state index in [1.54, 1.807) is 0 Å². The minimum Gasteiger partial charge on any atom is -0.479 e. The lowest BCUT2D eigenvalue weighted by molar-refractivity contribution is -0.301. The van der Waals surface area contributed by atoms with Gasteiger partial charge in [-0.1, -0.05) is 223 Å². The zero-order chi connectivity index (χ0) is 53.3. The predicted molar refractivity (Wildman–Crippen MR) is 294 cm³/mol. The molecule has 420 valence electrons. The largest absolute Gasteiger partial charge is 0.479 e. The molecule has 1 saturated heterocycles. The maximum Gasteiger partial charge on any atom is 0.335 e. The van der Waals surface area contributed by atoms with Crippen LogP contribution >= 0.6 is 0 Å². The number of carbonyl (C=O) groups excluding carboxylic acids is 3. The first-order valence-corrected chi connectivity index (χ1v) is 29.3. The molecule has 0 amide bonds. The molecular weight excluding hydrogens is 925 g/mol. The van der Waals surface area contributed by atoms with Gasteiger partial charge in [0, 0.05) is 19.3 Å². The van der Waals surface area contributed by atoms with Gasteiger partial charge in [-0.2, -0.15) is 0 Å². The van der Waals surface area contributed by atoms with E-state index in [-0.39, 0.29) is 25.9 Å². The molecule has 6 unspecified atom stereocenters. The number of esters is 3. The SMILES string of the molecule is CC/C=C\C/C=C\C/C=C\C/C=C\CCC(=O)OC(COC(=O)CCCCCCC/C=C\CCCCCCCC)COC1OC(C(=O)O)C(O)C(O)C1OC(=O)CCCCCCCCCCCCCCCCC. The molecule has 1 rings (SSSR count). The Morgan fingerprint density at radius 3 is 1.37 bits per heavy atom.